The van der Waals surface area contributed by atoms with Crippen molar-refractivity contribution in [3.05, 3.63) is 35.9 Å². The summed E-state index contributed by atoms with van der Waals surface area (Å²) >= 11 is 0. The summed E-state index contributed by atoms with van der Waals surface area (Å²) < 4.78 is 0. The Hall–Kier alpha value is -1.39. The molecule has 0 radical (unpaired) electrons. The van der Waals surface area contributed by atoms with Crippen molar-refractivity contribution in [1.82, 2.24) is 10.2 Å². The molecule has 1 unspecified atom stereocenters. The molecule has 4 nitrogen and oxygen atoms in total. The Morgan fingerprint density at radius 3 is 2.50 bits per heavy atom. The highest BCUT2D eigenvalue weighted by Crippen LogP contribution is 2.36. The second-order valence-corrected chi connectivity index (χ2v) is 5.83. The summed E-state index contributed by atoms with van der Waals surface area (Å²) in [6.07, 6.45) is 2.93. The van der Waals surface area contributed by atoms with Crippen LogP contribution in [0.4, 0.5) is 0 Å². The SMILES string of the molecule is CN(C)C1(C(=O)NCC(O)Cc2ccccc2)CCC1. The van der Waals surface area contributed by atoms with E-state index >= 15 is 0 Å². The molecule has 1 fully saturated rings. The lowest BCUT2D eigenvalue weighted by atomic mass is 9.75. The molecule has 2 N–H and O–H groups in total. The molecule has 1 aromatic rings. The van der Waals surface area contributed by atoms with Crippen molar-refractivity contribution < 1.29 is 9.90 Å². The second-order valence-electron chi connectivity index (χ2n) is 5.83. The Morgan fingerprint density at radius 1 is 1.35 bits per heavy atom. The van der Waals surface area contributed by atoms with Crippen LogP contribution in [0.1, 0.15) is 24.8 Å². The number of rotatable bonds is 6. The first-order valence-corrected chi connectivity index (χ1v) is 7.22. The van der Waals surface area contributed by atoms with E-state index < -0.39 is 6.10 Å². The van der Waals surface area contributed by atoms with E-state index in [1.807, 2.05) is 49.3 Å². The van der Waals surface area contributed by atoms with Crippen molar-refractivity contribution in [2.75, 3.05) is 20.6 Å². The Bertz CT molecular complexity index is 441. The van der Waals surface area contributed by atoms with Crippen LogP contribution in [0, 0.1) is 0 Å². The summed E-state index contributed by atoms with van der Waals surface area (Å²) in [4.78, 5) is 14.3. The van der Waals surface area contributed by atoms with Crippen molar-refractivity contribution in [2.45, 2.75) is 37.3 Å². The first kappa shape index (κ1) is 15.0. The van der Waals surface area contributed by atoms with Gasteiger partial charge in [-0.2, -0.15) is 0 Å². The lowest BCUT2D eigenvalue weighted by Gasteiger charge is -2.45. The molecule has 2 rings (SSSR count). The van der Waals surface area contributed by atoms with Gasteiger partial charge in [0, 0.05) is 13.0 Å². The maximum absolute atomic E-state index is 12.3. The van der Waals surface area contributed by atoms with E-state index in [2.05, 4.69) is 5.32 Å². The number of nitrogens with zero attached hydrogens (tertiary/aromatic N) is 1. The summed E-state index contributed by atoms with van der Waals surface area (Å²) in [7, 11) is 3.89. The van der Waals surface area contributed by atoms with Gasteiger partial charge in [0.25, 0.3) is 0 Å². The van der Waals surface area contributed by atoms with Gasteiger partial charge >= 0.3 is 0 Å². The number of benzene rings is 1. The summed E-state index contributed by atoms with van der Waals surface area (Å²) in [5.41, 5.74) is 0.729. The number of carbonyl (C=O) groups is 1. The number of aliphatic hydroxyl groups is 1. The first-order valence-electron chi connectivity index (χ1n) is 7.22. The van der Waals surface area contributed by atoms with E-state index in [4.69, 9.17) is 0 Å². The van der Waals surface area contributed by atoms with Crippen molar-refractivity contribution >= 4 is 5.91 Å². The maximum Gasteiger partial charge on any atom is 0.240 e. The minimum atomic E-state index is -0.541. The lowest BCUT2D eigenvalue weighted by Crippen LogP contribution is -2.61. The van der Waals surface area contributed by atoms with Crippen molar-refractivity contribution in [3.63, 3.8) is 0 Å². The molecule has 1 aliphatic rings. The van der Waals surface area contributed by atoms with Gasteiger partial charge < -0.3 is 10.4 Å². The van der Waals surface area contributed by atoms with Crippen LogP contribution >= 0.6 is 0 Å². The fraction of sp³-hybridized carbons (Fsp3) is 0.562. The minimum absolute atomic E-state index is 0.0425. The van der Waals surface area contributed by atoms with Gasteiger partial charge in [0.05, 0.1) is 11.6 Å². The summed E-state index contributed by atoms with van der Waals surface area (Å²) in [5.74, 6) is 0.0425. The molecule has 0 bridgehead atoms. The molecule has 0 aliphatic heterocycles. The number of likely N-dealkylation sites (N-methyl/N-ethyl adjacent to an activating group) is 1. The minimum Gasteiger partial charge on any atom is -0.391 e. The topological polar surface area (TPSA) is 52.6 Å². The number of amides is 1. The zero-order valence-electron chi connectivity index (χ0n) is 12.3. The molecule has 0 heterocycles. The van der Waals surface area contributed by atoms with Gasteiger partial charge in [-0.1, -0.05) is 30.3 Å². The highest BCUT2D eigenvalue weighted by atomic mass is 16.3. The average molecular weight is 276 g/mol. The zero-order valence-corrected chi connectivity index (χ0v) is 12.3. The fourth-order valence-electron chi connectivity index (χ4n) is 2.72. The van der Waals surface area contributed by atoms with Crippen LogP contribution in [0.3, 0.4) is 0 Å². The second kappa shape index (κ2) is 6.37. The van der Waals surface area contributed by atoms with Crippen LogP contribution in [-0.4, -0.2) is 48.2 Å². The fourth-order valence-corrected chi connectivity index (χ4v) is 2.72. The van der Waals surface area contributed by atoms with E-state index in [9.17, 15) is 9.90 Å². The summed E-state index contributed by atoms with van der Waals surface area (Å²) in [6.45, 7) is 0.309. The van der Waals surface area contributed by atoms with Crippen LogP contribution in [0.5, 0.6) is 0 Å². The molecule has 0 aromatic heterocycles. The molecule has 1 atom stereocenters. The predicted octanol–water partition coefficient (Wildman–Crippen LogP) is 1.19. The number of hydrogen-bond acceptors (Lipinski definition) is 3. The van der Waals surface area contributed by atoms with Crippen molar-refractivity contribution in [2.24, 2.45) is 0 Å². The van der Waals surface area contributed by atoms with Crippen LogP contribution in [0.15, 0.2) is 30.3 Å². The van der Waals surface area contributed by atoms with Crippen LogP contribution in [0.2, 0.25) is 0 Å². The predicted molar refractivity (Wildman–Crippen MR) is 79.4 cm³/mol. The van der Waals surface area contributed by atoms with Crippen molar-refractivity contribution in [3.8, 4) is 0 Å². The van der Waals surface area contributed by atoms with Crippen molar-refractivity contribution in [1.29, 1.82) is 0 Å². The molecular weight excluding hydrogens is 252 g/mol. The average Bonchev–Trinajstić information content (AvgIpc) is 2.35. The van der Waals surface area contributed by atoms with E-state index in [0.717, 1.165) is 24.8 Å². The quantitative estimate of drug-likeness (QED) is 0.820. The van der Waals surface area contributed by atoms with E-state index in [1.54, 1.807) is 0 Å². The number of carbonyl (C=O) groups excluding carboxylic acids is 1. The Balaban J connectivity index is 1.81. The molecule has 0 spiro atoms. The normalized spacial score (nSPS) is 18.4. The highest BCUT2D eigenvalue weighted by molar-refractivity contribution is 5.87. The first-order chi connectivity index (χ1) is 9.54. The standard InChI is InChI=1S/C16H24N2O2/c1-18(2)16(9-6-10-16)15(20)17-12-14(19)11-13-7-4-3-5-8-13/h3-5,7-8,14,19H,6,9-12H2,1-2H3,(H,17,20). The van der Waals surface area contributed by atoms with Crippen LogP contribution in [0.25, 0.3) is 0 Å². The summed E-state index contributed by atoms with van der Waals surface area (Å²) in [6, 6.07) is 9.83. The molecule has 4 heteroatoms. The third-order valence-electron chi connectivity index (χ3n) is 4.27. The van der Waals surface area contributed by atoms with Crippen LogP contribution in [-0.2, 0) is 11.2 Å². The molecule has 1 aromatic carbocycles. The highest BCUT2D eigenvalue weighted by Gasteiger charge is 2.45. The smallest absolute Gasteiger partial charge is 0.240 e. The number of aliphatic hydroxyl groups excluding tert-OH is 1. The van der Waals surface area contributed by atoms with Gasteiger partial charge in [-0.3, -0.25) is 9.69 Å². The Labute approximate surface area is 120 Å². The molecule has 20 heavy (non-hydrogen) atoms. The zero-order chi connectivity index (χ0) is 14.6. The molecular formula is C16H24N2O2. The van der Waals surface area contributed by atoms with Gasteiger partial charge in [-0.15, -0.1) is 0 Å². The Morgan fingerprint density at radius 2 is 2.00 bits per heavy atom. The molecule has 1 aliphatic carbocycles. The lowest BCUT2D eigenvalue weighted by molar-refractivity contribution is -0.137. The van der Waals surface area contributed by atoms with E-state index in [1.165, 1.54) is 0 Å². The van der Waals surface area contributed by atoms with E-state index in [-0.39, 0.29) is 11.4 Å². The van der Waals surface area contributed by atoms with Crippen LogP contribution < -0.4 is 5.32 Å². The van der Waals surface area contributed by atoms with Gasteiger partial charge in [0.1, 0.15) is 0 Å². The molecule has 1 amide bonds. The van der Waals surface area contributed by atoms with Gasteiger partial charge in [0.2, 0.25) is 5.91 Å². The van der Waals surface area contributed by atoms with Gasteiger partial charge in [0.15, 0.2) is 0 Å². The largest absolute Gasteiger partial charge is 0.391 e. The molecule has 0 saturated heterocycles. The third kappa shape index (κ3) is 3.19. The van der Waals surface area contributed by atoms with E-state index in [0.29, 0.717) is 13.0 Å². The molecule has 1 saturated carbocycles. The maximum atomic E-state index is 12.3. The molecule has 110 valence electrons. The Kier molecular flexibility index (Phi) is 4.78. The number of nitrogens with one attached hydrogen (secondary N) is 1. The summed E-state index contributed by atoms with van der Waals surface area (Å²) in [5, 5.41) is 12.9. The number of hydrogen-bond donors (Lipinski definition) is 2. The monoisotopic (exact) mass is 276 g/mol. The van der Waals surface area contributed by atoms with Gasteiger partial charge in [-0.05, 0) is 38.9 Å². The third-order valence-corrected chi connectivity index (χ3v) is 4.27. The van der Waals surface area contributed by atoms with Gasteiger partial charge in [-0.25, -0.2) is 0 Å².